The molecule has 156 valence electrons. The SMILES string of the molecule is COc1ccccc1[C@](O)(c1ccccc1)[C@@H](CN1CCOCC1)c1ccccc1. The summed E-state index contributed by atoms with van der Waals surface area (Å²) in [6.07, 6.45) is 0. The molecule has 30 heavy (non-hydrogen) atoms. The van der Waals surface area contributed by atoms with Crippen LogP contribution in [-0.4, -0.2) is 50.0 Å². The van der Waals surface area contributed by atoms with Gasteiger partial charge in [-0.25, -0.2) is 0 Å². The predicted molar refractivity (Wildman–Crippen MR) is 119 cm³/mol. The second kappa shape index (κ2) is 9.43. The van der Waals surface area contributed by atoms with Gasteiger partial charge in [-0.15, -0.1) is 0 Å². The molecule has 1 aliphatic heterocycles. The normalized spacial score (nSPS) is 17.8. The van der Waals surface area contributed by atoms with Crippen molar-refractivity contribution in [3.8, 4) is 5.75 Å². The first-order chi connectivity index (χ1) is 14.7. The van der Waals surface area contributed by atoms with Gasteiger partial charge in [0.05, 0.1) is 20.3 Å². The minimum Gasteiger partial charge on any atom is -0.496 e. The lowest BCUT2D eigenvalue weighted by Crippen LogP contribution is -2.45. The Labute approximate surface area is 178 Å². The summed E-state index contributed by atoms with van der Waals surface area (Å²) >= 11 is 0. The third-order valence-electron chi connectivity index (χ3n) is 5.98. The van der Waals surface area contributed by atoms with Crippen molar-refractivity contribution in [2.75, 3.05) is 40.0 Å². The van der Waals surface area contributed by atoms with Gasteiger partial charge in [0.15, 0.2) is 0 Å². The fraction of sp³-hybridized carbons (Fsp3) is 0.308. The number of para-hydroxylation sites is 1. The molecule has 0 amide bonds. The molecule has 3 aromatic carbocycles. The van der Waals surface area contributed by atoms with E-state index in [4.69, 9.17) is 9.47 Å². The van der Waals surface area contributed by atoms with E-state index >= 15 is 0 Å². The number of hydrogen-bond acceptors (Lipinski definition) is 4. The molecule has 3 aromatic rings. The van der Waals surface area contributed by atoms with Crippen molar-refractivity contribution in [1.29, 1.82) is 0 Å². The predicted octanol–water partition coefficient (Wildman–Crippen LogP) is 4.05. The maximum Gasteiger partial charge on any atom is 0.126 e. The minimum absolute atomic E-state index is 0.185. The topological polar surface area (TPSA) is 41.9 Å². The van der Waals surface area contributed by atoms with Gasteiger partial charge in [-0.05, 0) is 17.2 Å². The fourth-order valence-electron chi connectivity index (χ4n) is 4.40. The lowest BCUT2D eigenvalue weighted by Gasteiger charge is -2.41. The van der Waals surface area contributed by atoms with E-state index in [0.29, 0.717) is 5.75 Å². The van der Waals surface area contributed by atoms with Crippen LogP contribution >= 0.6 is 0 Å². The molecule has 0 aliphatic carbocycles. The average molecular weight is 404 g/mol. The van der Waals surface area contributed by atoms with Crippen molar-refractivity contribution in [3.63, 3.8) is 0 Å². The Morgan fingerprint density at radius 2 is 1.50 bits per heavy atom. The Kier molecular flexibility index (Phi) is 6.48. The number of rotatable bonds is 7. The van der Waals surface area contributed by atoms with Crippen molar-refractivity contribution >= 4 is 0 Å². The first-order valence-electron chi connectivity index (χ1n) is 10.5. The van der Waals surface area contributed by atoms with Crippen molar-refractivity contribution in [2.45, 2.75) is 11.5 Å². The Morgan fingerprint density at radius 1 is 0.900 bits per heavy atom. The molecule has 0 unspecified atom stereocenters. The zero-order valence-corrected chi connectivity index (χ0v) is 17.4. The van der Waals surface area contributed by atoms with E-state index in [1.54, 1.807) is 7.11 Å². The lowest BCUT2D eigenvalue weighted by molar-refractivity contribution is -0.000134. The largest absolute Gasteiger partial charge is 0.496 e. The highest BCUT2D eigenvalue weighted by molar-refractivity contribution is 5.48. The Hall–Kier alpha value is -2.66. The molecular formula is C26H29NO3. The van der Waals surface area contributed by atoms with Crippen LogP contribution < -0.4 is 4.74 Å². The van der Waals surface area contributed by atoms with Gasteiger partial charge >= 0.3 is 0 Å². The third kappa shape index (κ3) is 4.12. The molecule has 0 spiro atoms. The van der Waals surface area contributed by atoms with Crippen LogP contribution in [-0.2, 0) is 10.3 Å². The third-order valence-corrected chi connectivity index (χ3v) is 5.98. The summed E-state index contributed by atoms with van der Waals surface area (Å²) in [5.41, 5.74) is 1.48. The molecule has 0 aromatic heterocycles. The Morgan fingerprint density at radius 3 is 2.17 bits per heavy atom. The quantitative estimate of drug-likeness (QED) is 0.646. The summed E-state index contributed by atoms with van der Waals surface area (Å²) < 4.78 is 11.2. The van der Waals surface area contributed by atoms with E-state index in [1.807, 2.05) is 72.8 Å². The average Bonchev–Trinajstić information content (AvgIpc) is 2.84. The summed E-state index contributed by atoms with van der Waals surface area (Å²) in [5.74, 6) is 0.502. The Bertz CT molecular complexity index is 925. The first kappa shape index (κ1) is 20.6. The summed E-state index contributed by atoms with van der Waals surface area (Å²) in [7, 11) is 1.66. The van der Waals surface area contributed by atoms with Crippen LogP contribution in [0.15, 0.2) is 84.9 Å². The van der Waals surface area contributed by atoms with Crippen molar-refractivity contribution in [3.05, 3.63) is 102 Å². The highest BCUT2D eigenvalue weighted by Crippen LogP contribution is 2.46. The summed E-state index contributed by atoms with van der Waals surface area (Å²) in [6, 6.07) is 28.0. The van der Waals surface area contributed by atoms with E-state index in [0.717, 1.165) is 49.5 Å². The number of ether oxygens (including phenoxy) is 2. The minimum atomic E-state index is -1.26. The van der Waals surface area contributed by atoms with Gasteiger partial charge < -0.3 is 14.6 Å². The zero-order valence-electron chi connectivity index (χ0n) is 17.4. The molecule has 4 rings (SSSR count). The van der Waals surface area contributed by atoms with Gasteiger partial charge in [-0.1, -0.05) is 78.9 Å². The second-order valence-corrected chi connectivity index (χ2v) is 7.71. The van der Waals surface area contributed by atoms with Crippen LogP contribution in [0.4, 0.5) is 0 Å². The standard InChI is InChI=1S/C26H29NO3/c1-29-25-15-9-8-14-23(25)26(28,22-12-6-3-7-13-22)24(21-10-4-2-5-11-21)20-27-16-18-30-19-17-27/h2-15,24,28H,16-20H2,1H3/t24-,26+/m0/s1. The van der Waals surface area contributed by atoms with Crippen molar-refractivity contribution < 1.29 is 14.6 Å². The van der Waals surface area contributed by atoms with Crippen LogP contribution in [0, 0.1) is 0 Å². The zero-order chi connectivity index (χ0) is 20.8. The summed E-state index contributed by atoms with van der Waals surface area (Å²) in [5, 5.41) is 12.6. The maximum atomic E-state index is 12.6. The van der Waals surface area contributed by atoms with Crippen molar-refractivity contribution in [1.82, 2.24) is 4.90 Å². The van der Waals surface area contributed by atoms with E-state index < -0.39 is 5.60 Å². The smallest absolute Gasteiger partial charge is 0.126 e. The molecule has 1 fully saturated rings. The van der Waals surface area contributed by atoms with Gasteiger partial charge in [-0.3, -0.25) is 4.90 Å². The van der Waals surface area contributed by atoms with E-state index in [9.17, 15) is 5.11 Å². The molecule has 0 radical (unpaired) electrons. The van der Waals surface area contributed by atoms with Crippen molar-refractivity contribution in [2.24, 2.45) is 0 Å². The summed E-state index contributed by atoms with van der Waals surface area (Å²) in [6.45, 7) is 3.89. The molecule has 1 aliphatic rings. The molecular weight excluding hydrogens is 374 g/mol. The highest BCUT2D eigenvalue weighted by Gasteiger charge is 2.43. The van der Waals surface area contributed by atoms with Gasteiger partial charge in [0.25, 0.3) is 0 Å². The molecule has 1 N–H and O–H groups in total. The molecule has 4 nitrogen and oxygen atoms in total. The number of aliphatic hydroxyl groups is 1. The van der Waals surface area contributed by atoms with Crippen LogP contribution in [0.1, 0.15) is 22.6 Å². The molecule has 0 bridgehead atoms. The van der Waals surface area contributed by atoms with Crippen LogP contribution in [0.25, 0.3) is 0 Å². The number of nitrogens with zero attached hydrogens (tertiary/aromatic N) is 1. The van der Waals surface area contributed by atoms with E-state index in [-0.39, 0.29) is 5.92 Å². The number of benzene rings is 3. The fourth-order valence-corrected chi connectivity index (χ4v) is 4.40. The molecule has 1 heterocycles. The monoisotopic (exact) mass is 403 g/mol. The van der Waals surface area contributed by atoms with E-state index in [2.05, 4.69) is 17.0 Å². The van der Waals surface area contributed by atoms with Gasteiger partial charge in [0.2, 0.25) is 0 Å². The molecule has 2 atom stereocenters. The van der Waals surface area contributed by atoms with Crippen LogP contribution in [0.2, 0.25) is 0 Å². The highest BCUT2D eigenvalue weighted by atomic mass is 16.5. The first-order valence-corrected chi connectivity index (χ1v) is 10.5. The molecule has 4 heteroatoms. The lowest BCUT2D eigenvalue weighted by atomic mass is 9.72. The van der Waals surface area contributed by atoms with Gasteiger partial charge in [0, 0.05) is 31.1 Å². The van der Waals surface area contributed by atoms with Crippen LogP contribution in [0.5, 0.6) is 5.75 Å². The number of morpholine rings is 1. The maximum absolute atomic E-state index is 12.6. The Balaban J connectivity index is 1.89. The molecule has 0 saturated carbocycles. The molecule has 1 saturated heterocycles. The second-order valence-electron chi connectivity index (χ2n) is 7.71. The van der Waals surface area contributed by atoms with Gasteiger partial charge in [-0.2, -0.15) is 0 Å². The van der Waals surface area contributed by atoms with Crippen LogP contribution in [0.3, 0.4) is 0 Å². The number of methoxy groups -OCH3 is 1. The number of hydrogen-bond donors (Lipinski definition) is 1. The van der Waals surface area contributed by atoms with E-state index in [1.165, 1.54) is 0 Å². The summed E-state index contributed by atoms with van der Waals surface area (Å²) in [4.78, 5) is 2.38. The van der Waals surface area contributed by atoms with Gasteiger partial charge in [0.1, 0.15) is 11.4 Å².